The molecule has 0 radical (unpaired) electrons. The predicted molar refractivity (Wildman–Crippen MR) is 249 cm³/mol. The molecule has 1 aliphatic heterocycles. The fourth-order valence-corrected chi connectivity index (χ4v) is 8.33. The van der Waals surface area contributed by atoms with Crippen molar-refractivity contribution in [2.24, 2.45) is 0 Å². The van der Waals surface area contributed by atoms with Gasteiger partial charge in [-0.3, -0.25) is 14.2 Å². The van der Waals surface area contributed by atoms with E-state index < -0.39 is 26.5 Å². The Bertz CT molecular complexity index is 1110. The number of ether oxygens (including phenoxy) is 3. The molecule has 0 bridgehead atoms. The highest BCUT2D eigenvalue weighted by molar-refractivity contribution is 7.45. The Kier molecular flexibility index (Phi) is 37.0. The van der Waals surface area contributed by atoms with Crippen LogP contribution in [0.2, 0.25) is 0 Å². The third kappa shape index (κ3) is 40.0. The van der Waals surface area contributed by atoms with Gasteiger partial charge in [0.05, 0.1) is 40.0 Å². The average Bonchev–Trinajstić information content (AvgIpc) is 3.97. The Labute approximate surface area is 375 Å². The Balaban J connectivity index is 2.19. The van der Waals surface area contributed by atoms with Crippen molar-refractivity contribution in [3.05, 3.63) is 12.2 Å². The van der Waals surface area contributed by atoms with Crippen LogP contribution in [0.15, 0.2) is 12.2 Å². The molecule has 4 atom stereocenters. The summed E-state index contributed by atoms with van der Waals surface area (Å²) in [6.07, 6.45) is 44.0. The number of carbonyl (C=O) groups is 2. The molecule has 0 amide bonds. The summed E-state index contributed by atoms with van der Waals surface area (Å²) in [6, 6.07) is 0. The molecule has 11 heteroatoms. The molecule has 1 rings (SSSR count). The van der Waals surface area contributed by atoms with Gasteiger partial charge < -0.3 is 32.6 Å². The van der Waals surface area contributed by atoms with E-state index in [0.29, 0.717) is 29.7 Å². The van der Waals surface area contributed by atoms with E-state index in [0.717, 1.165) is 64.2 Å². The van der Waals surface area contributed by atoms with E-state index in [9.17, 15) is 19.0 Å². The molecule has 0 aromatic carbocycles. The van der Waals surface area contributed by atoms with E-state index in [-0.39, 0.29) is 32.0 Å². The summed E-state index contributed by atoms with van der Waals surface area (Å²) >= 11 is 0. The standard InChI is InChI=1S/C50H96NO9P/c1-6-8-10-12-14-15-16-17-18-19-20-21-22-23-24-25-26-27-28-32-36-40-49(52)56-44-46(45-58-61(54,55)57-43-42-51(3,4)5)59-50(53)41-37-33-29-31-35-39-48-47(60-48)38-34-30-13-11-9-7-2/h30,34,46-48H,6-29,31-33,35-45H2,1-5H3/b34-30-/t46-,47?,48?/m1/s1. The maximum Gasteiger partial charge on any atom is 0.306 e. The van der Waals surface area contributed by atoms with E-state index in [1.807, 2.05) is 21.1 Å². The molecule has 1 heterocycles. The second kappa shape index (κ2) is 39.1. The number of esters is 2. The fraction of sp³-hybridized carbons (Fsp3) is 0.920. The van der Waals surface area contributed by atoms with Gasteiger partial charge in [0.15, 0.2) is 6.10 Å². The van der Waals surface area contributed by atoms with Gasteiger partial charge >= 0.3 is 11.9 Å². The molecular formula is C50H96NO9P. The molecule has 0 N–H and O–H groups in total. The quantitative estimate of drug-likeness (QED) is 0.0147. The minimum absolute atomic E-state index is 0.0337. The van der Waals surface area contributed by atoms with Crippen molar-refractivity contribution in [2.75, 3.05) is 47.5 Å². The number of phosphoric acid groups is 1. The monoisotopic (exact) mass is 886 g/mol. The van der Waals surface area contributed by atoms with Crippen LogP contribution in [0.25, 0.3) is 0 Å². The second-order valence-electron chi connectivity index (χ2n) is 18.9. The Hall–Kier alpha value is -1.29. The maximum atomic E-state index is 12.7. The third-order valence-electron chi connectivity index (χ3n) is 11.7. The highest BCUT2D eigenvalue weighted by Gasteiger charge is 2.36. The van der Waals surface area contributed by atoms with Crippen LogP contribution in [0.4, 0.5) is 0 Å². The number of unbranched alkanes of at least 4 members (excludes halogenated alkanes) is 27. The molecule has 1 saturated heterocycles. The molecule has 0 spiro atoms. The molecule has 10 nitrogen and oxygen atoms in total. The molecule has 1 aliphatic rings. The average molecular weight is 886 g/mol. The lowest BCUT2D eigenvalue weighted by atomic mass is 10.0. The van der Waals surface area contributed by atoms with Gasteiger partial charge in [0.1, 0.15) is 19.8 Å². The van der Waals surface area contributed by atoms with Crippen molar-refractivity contribution in [1.82, 2.24) is 0 Å². The normalized spacial score (nSPS) is 16.8. The summed E-state index contributed by atoms with van der Waals surface area (Å²) in [6.45, 7) is 4.21. The van der Waals surface area contributed by atoms with Gasteiger partial charge in [0, 0.05) is 12.8 Å². The number of carbonyl (C=O) groups excluding carboxylic acids is 2. The van der Waals surface area contributed by atoms with Crippen LogP contribution < -0.4 is 4.89 Å². The van der Waals surface area contributed by atoms with Gasteiger partial charge in [-0.05, 0) is 38.5 Å². The van der Waals surface area contributed by atoms with Crippen LogP contribution in [-0.2, 0) is 37.4 Å². The van der Waals surface area contributed by atoms with Crippen LogP contribution in [0.5, 0.6) is 0 Å². The van der Waals surface area contributed by atoms with Gasteiger partial charge in [0.25, 0.3) is 7.82 Å². The predicted octanol–water partition coefficient (Wildman–Crippen LogP) is 13.3. The number of phosphoric ester groups is 1. The molecule has 0 aromatic rings. The van der Waals surface area contributed by atoms with E-state index in [2.05, 4.69) is 26.0 Å². The van der Waals surface area contributed by atoms with Crippen molar-refractivity contribution in [3.63, 3.8) is 0 Å². The highest BCUT2D eigenvalue weighted by Crippen LogP contribution is 2.38. The first-order valence-electron chi connectivity index (χ1n) is 25.5. The summed E-state index contributed by atoms with van der Waals surface area (Å²) in [7, 11) is 1.16. The fourth-order valence-electron chi connectivity index (χ4n) is 7.60. The van der Waals surface area contributed by atoms with Crippen LogP contribution >= 0.6 is 7.82 Å². The number of likely N-dealkylation sites (N-methyl/N-ethyl adjacent to an activating group) is 1. The number of quaternary nitrogens is 1. The third-order valence-corrected chi connectivity index (χ3v) is 12.7. The first-order valence-corrected chi connectivity index (χ1v) is 27.0. The number of nitrogens with zero attached hydrogens (tertiary/aromatic N) is 1. The highest BCUT2D eigenvalue weighted by atomic mass is 31.2. The molecule has 1 fully saturated rings. The second-order valence-corrected chi connectivity index (χ2v) is 20.3. The van der Waals surface area contributed by atoms with E-state index in [1.54, 1.807) is 0 Å². The van der Waals surface area contributed by atoms with E-state index in [1.165, 1.54) is 135 Å². The van der Waals surface area contributed by atoms with Gasteiger partial charge in [-0.1, -0.05) is 193 Å². The lowest BCUT2D eigenvalue weighted by molar-refractivity contribution is -0.870. The van der Waals surface area contributed by atoms with Crippen LogP contribution in [0, 0.1) is 0 Å². The SMILES string of the molecule is CCCCC/C=C\CC1OC1CCCCCCCC(=O)O[C@H](COC(=O)CCCCCCCCCCCCCCCCCCCCCCC)COP(=O)([O-])OCC[N+](C)(C)C. The zero-order valence-corrected chi connectivity index (χ0v) is 41.2. The Morgan fingerprint density at radius 3 is 1.56 bits per heavy atom. The van der Waals surface area contributed by atoms with Crippen LogP contribution in [-0.4, -0.2) is 82.2 Å². The van der Waals surface area contributed by atoms with Crippen molar-refractivity contribution in [2.45, 2.75) is 250 Å². The van der Waals surface area contributed by atoms with Gasteiger partial charge in [-0.15, -0.1) is 0 Å². The molecule has 360 valence electrons. The summed E-state index contributed by atoms with van der Waals surface area (Å²) in [5.41, 5.74) is 0. The number of hydrogen-bond donors (Lipinski definition) is 0. The summed E-state index contributed by atoms with van der Waals surface area (Å²) in [4.78, 5) is 37.7. The minimum atomic E-state index is -4.63. The number of allylic oxidation sites excluding steroid dienone is 1. The zero-order valence-electron chi connectivity index (χ0n) is 40.3. The molecule has 3 unspecified atom stereocenters. The molecular weight excluding hydrogens is 790 g/mol. The number of rotatable bonds is 46. The van der Waals surface area contributed by atoms with Crippen molar-refractivity contribution in [1.29, 1.82) is 0 Å². The van der Waals surface area contributed by atoms with Crippen molar-refractivity contribution < 1.29 is 46.8 Å². The molecule has 61 heavy (non-hydrogen) atoms. The number of hydrogen-bond acceptors (Lipinski definition) is 9. The lowest BCUT2D eigenvalue weighted by Crippen LogP contribution is -2.37. The summed E-state index contributed by atoms with van der Waals surface area (Å²) in [5, 5.41) is 0. The van der Waals surface area contributed by atoms with Crippen molar-refractivity contribution >= 4 is 19.8 Å². The molecule has 0 aromatic heterocycles. The Morgan fingerprint density at radius 2 is 1.05 bits per heavy atom. The van der Waals surface area contributed by atoms with Crippen LogP contribution in [0.3, 0.4) is 0 Å². The number of epoxide rings is 1. The minimum Gasteiger partial charge on any atom is -0.756 e. The summed E-state index contributed by atoms with van der Waals surface area (Å²) in [5.74, 6) is -0.845. The Morgan fingerprint density at radius 1 is 0.590 bits per heavy atom. The first kappa shape index (κ1) is 57.7. The van der Waals surface area contributed by atoms with Gasteiger partial charge in [-0.25, -0.2) is 0 Å². The topological polar surface area (TPSA) is 124 Å². The van der Waals surface area contributed by atoms with Gasteiger partial charge in [0.2, 0.25) is 0 Å². The van der Waals surface area contributed by atoms with Crippen molar-refractivity contribution in [3.8, 4) is 0 Å². The largest absolute Gasteiger partial charge is 0.756 e. The van der Waals surface area contributed by atoms with E-state index >= 15 is 0 Å². The first-order chi connectivity index (χ1) is 29.5. The smallest absolute Gasteiger partial charge is 0.306 e. The lowest BCUT2D eigenvalue weighted by Gasteiger charge is -2.28. The molecule has 0 saturated carbocycles. The van der Waals surface area contributed by atoms with Gasteiger partial charge in [-0.2, -0.15) is 0 Å². The van der Waals surface area contributed by atoms with Crippen LogP contribution in [0.1, 0.15) is 232 Å². The molecule has 0 aliphatic carbocycles. The van der Waals surface area contributed by atoms with E-state index in [4.69, 9.17) is 23.3 Å². The zero-order chi connectivity index (χ0) is 44.7. The maximum absolute atomic E-state index is 12.7. The summed E-state index contributed by atoms with van der Waals surface area (Å²) < 4.78 is 39.9.